The van der Waals surface area contributed by atoms with Gasteiger partial charge in [0.15, 0.2) is 0 Å². The van der Waals surface area contributed by atoms with Crippen LogP contribution in [0.4, 0.5) is 4.39 Å². The van der Waals surface area contributed by atoms with Crippen molar-refractivity contribution < 1.29 is 13.9 Å². The number of hydrogen-bond donors (Lipinski definition) is 1. The van der Waals surface area contributed by atoms with Crippen molar-refractivity contribution in [3.8, 4) is 0 Å². The molecule has 0 aromatic heterocycles. The summed E-state index contributed by atoms with van der Waals surface area (Å²) in [5.74, 6) is -0.825. The van der Waals surface area contributed by atoms with Gasteiger partial charge in [0.2, 0.25) is 0 Å². The van der Waals surface area contributed by atoms with Crippen LogP contribution in [-0.2, 0) is 4.74 Å². The Balaban J connectivity index is 1.92. The number of amides is 1. The second kappa shape index (κ2) is 6.35. The molecule has 0 unspecified atom stereocenters. The third-order valence-electron chi connectivity index (χ3n) is 3.52. The van der Waals surface area contributed by atoms with Crippen molar-refractivity contribution in [1.82, 2.24) is 5.32 Å². The maximum Gasteiger partial charge on any atom is 0.251 e. The van der Waals surface area contributed by atoms with Crippen LogP contribution in [0, 0.1) is 5.82 Å². The summed E-state index contributed by atoms with van der Waals surface area (Å²) < 4.78 is 18.6. The predicted octanol–water partition coefficient (Wildman–Crippen LogP) is 3.17. The first-order chi connectivity index (χ1) is 9.10. The van der Waals surface area contributed by atoms with Gasteiger partial charge in [-0.3, -0.25) is 4.79 Å². The lowest BCUT2D eigenvalue weighted by Crippen LogP contribution is -2.38. The summed E-state index contributed by atoms with van der Waals surface area (Å²) >= 11 is 5.59. The zero-order chi connectivity index (χ0) is 13.8. The Bertz CT molecular complexity index is 459. The van der Waals surface area contributed by atoms with Crippen molar-refractivity contribution in [2.24, 2.45) is 0 Å². The van der Waals surface area contributed by atoms with Gasteiger partial charge in [-0.25, -0.2) is 4.39 Å². The molecular formula is C14H17ClFNO2. The second-order valence-electron chi connectivity index (χ2n) is 4.81. The average molecular weight is 286 g/mol. The fraction of sp³-hybridized carbons (Fsp3) is 0.500. The molecule has 1 aliphatic carbocycles. The van der Waals surface area contributed by atoms with Crippen LogP contribution >= 0.6 is 11.6 Å². The molecule has 1 aliphatic rings. The monoisotopic (exact) mass is 285 g/mol. The van der Waals surface area contributed by atoms with Crippen molar-refractivity contribution >= 4 is 17.5 Å². The van der Waals surface area contributed by atoms with Crippen LogP contribution in [0.1, 0.15) is 36.0 Å². The minimum atomic E-state index is -0.572. The van der Waals surface area contributed by atoms with E-state index >= 15 is 0 Å². The topological polar surface area (TPSA) is 38.3 Å². The number of benzene rings is 1. The summed E-state index contributed by atoms with van der Waals surface area (Å²) in [4.78, 5) is 12.0. The summed E-state index contributed by atoms with van der Waals surface area (Å²) in [6, 6.07) is 4.23. The average Bonchev–Trinajstić information content (AvgIpc) is 2.42. The maximum atomic E-state index is 13.3. The lowest BCUT2D eigenvalue weighted by atomic mass is 9.93. The molecule has 1 aromatic rings. The minimum Gasteiger partial charge on any atom is -0.381 e. The van der Waals surface area contributed by atoms with Gasteiger partial charge in [0.05, 0.1) is 11.1 Å². The first kappa shape index (κ1) is 14.3. The van der Waals surface area contributed by atoms with E-state index in [0.717, 1.165) is 25.7 Å². The number of methoxy groups -OCH3 is 1. The van der Waals surface area contributed by atoms with Crippen molar-refractivity contribution in [3.05, 3.63) is 34.6 Å². The van der Waals surface area contributed by atoms with Gasteiger partial charge in [0.25, 0.3) is 5.91 Å². The van der Waals surface area contributed by atoms with Gasteiger partial charge in [0, 0.05) is 18.7 Å². The number of nitrogens with one attached hydrogen (secondary N) is 1. The van der Waals surface area contributed by atoms with E-state index in [2.05, 4.69) is 5.32 Å². The first-order valence-electron chi connectivity index (χ1n) is 6.39. The van der Waals surface area contributed by atoms with E-state index < -0.39 is 5.82 Å². The molecule has 1 amide bonds. The van der Waals surface area contributed by atoms with Gasteiger partial charge in [-0.1, -0.05) is 11.6 Å². The smallest absolute Gasteiger partial charge is 0.251 e. The Morgan fingerprint density at radius 3 is 2.63 bits per heavy atom. The SMILES string of the molecule is COC1CCC(NC(=O)c2ccc(Cl)c(F)c2)CC1. The van der Waals surface area contributed by atoms with Gasteiger partial charge in [-0.2, -0.15) is 0 Å². The molecule has 104 valence electrons. The molecule has 0 radical (unpaired) electrons. The summed E-state index contributed by atoms with van der Waals surface area (Å²) in [6.07, 6.45) is 3.95. The van der Waals surface area contributed by atoms with E-state index in [1.807, 2.05) is 0 Å². The normalized spacial score (nSPS) is 23.1. The van der Waals surface area contributed by atoms with E-state index in [1.165, 1.54) is 18.2 Å². The summed E-state index contributed by atoms with van der Waals surface area (Å²) in [5, 5.41) is 2.95. The molecule has 1 fully saturated rings. The molecule has 1 N–H and O–H groups in total. The number of rotatable bonds is 3. The highest BCUT2D eigenvalue weighted by Gasteiger charge is 2.22. The minimum absolute atomic E-state index is 0.0251. The zero-order valence-electron chi connectivity index (χ0n) is 10.8. The molecule has 0 heterocycles. The summed E-state index contributed by atoms with van der Waals surface area (Å²) in [7, 11) is 1.71. The zero-order valence-corrected chi connectivity index (χ0v) is 11.5. The van der Waals surface area contributed by atoms with E-state index in [4.69, 9.17) is 16.3 Å². The molecule has 1 aromatic carbocycles. The van der Waals surface area contributed by atoms with Crippen molar-refractivity contribution in [3.63, 3.8) is 0 Å². The molecule has 1 saturated carbocycles. The highest BCUT2D eigenvalue weighted by molar-refractivity contribution is 6.30. The highest BCUT2D eigenvalue weighted by atomic mass is 35.5. The van der Waals surface area contributed by atoms with E-state index in [0.29, 0.717) is 11.7 Å². The lowest BCUT2D eigenvalue weighted by molar-refractivity contribution is 0.0599. The first-order valence-corrected chi connectivity index (χ1v) is 6.76. The van der Waals surface area contributed by atoms with Crippen LogP contribution in [0.3, 0.4) is 0 Å². The van der Waals surface area contributed by atoms with E-state index in [-0.39, 0.29) is 17.0 Å². The Morgan fingerprint density at radius 1 is 1.37 bits per heavy atom. The quantitative estimate of drug-likeness (QED) is 0.926. The Kier molecular flexibility index (Phi) is 4.77. The second-order valence-corrected chi connectivity index (χ2v) is 5.22. The largest absolute Gasteiger partial charge is 0.381 e. The highest BCUT2D eigenvalue weighted by Crippen LogP contribution is 2.21. The standard InChI is InChI=1S/C14H17ClFNO2/c1-19-11-5-3-10(4-6-11)17-14(18)9-2-7-12(15)13(16)8-9/h2,7-8,10-11H,3-6H2,1H3,(H,17,18). The molecule has 19 heavy (non-hydrogen) atoms. The van der Waals surface area contributed by atoms with Gasteiger partial charge >= 0.3 is 0 Å². The molecule has 0 bridgehead atoms. The number of carbonyl (C=O) groups is 1. The van der Waals surface area contributed by atoms with Crippen LogP contribution in [0.15, 0.2) is 18.2 Å². The van der Waals surface area contributed by atoms with Crippen LogP contribution in [0.5, 0.6) is 0 Å². The predicted molar refractivity (Wildman–Crippen MR) is 71.9 cm³/mol. The number of ether oxygens (including phenoxy) is 1. The van der Waals surface area contributed by atoms with Crippen LogP contribution in [0.2, 0.25) is 5.02 Å². The molecule has 0 spiro atoms. The molecule has 2 rings (SSSR count). The molecule has 0 atom stereocenters. The van der Waals surface area contributed by atoms with E-state index in [1.54, 1.807) is 7.11 Å². The van der Waals surface area contributed by atoms with Gasteiger partial charge in [0.1, 0.15) is 5.82 Å². The van der Waals surface area contributed by atoms with Crippen molar-refractivity contribution in [2.75, 3.05) is 7.11 Å². The van der Waals surface area contributed by atoms with E-state index in [9.17, 15) is 9.18 Å². The lowest BCUT2D eigenvalue weighted by Gasteiger charge is -2.28. The number of halogens is 2. The fourth-order valence-electron chi connectivity index (χ4n) is 2.35. The maximum absolute atomic E-state index is 13.3. The fourth-order valence-corrected chi connectivity index (χ4v) is 2.47. The number of hydrogen-bond acceptors (Lipinski definition) is 2. The van der Waals surface area contributed by atoms with Crippen LogP contribution in [-0.4, -0.2) is 25.2 Å². The Morgan fingerprint density at radius 2 is 2.05 bits per heavy atom. The van der Waals surface area contributed by atoms with Crippen LogP contribution in [0.25, 0.3) is 0 Å². The Labute approximate surface area is 117 Å². The van der Waals surface area contributed by atoms with Gasteiger partial charge < -0.3 is 10.1 Å². The molecule has 5 heteroatoms. The van der Waals surface area contributed by atoms with Crippen LogP contribution < -0.4 is 5.32 Å². The summed E-state index contributed by atoms with van der Waals surface area (Å²) in [6.45, 7) is 0. The van der Waals surface area contributed by atoms with Gasteiger partial charge in [-0.15, -0.1) is 0 Å². The summed E-state index contributed by atoms with van der Waals surface area (Å²) in [5.41, 5.74) is 0.302. The molecule has 0 saturated heterocycles. The molecular weight excluding hydrogens is 269 g/mol. The molecule has 3 nitrogen and oxygen atoms in total. The third-order valence-corrected chi connectivity index (χ3v) is 3.83. The number of carbonyl (C=O) groups excluding carboxylic acids is 1. The van der Waals surface area contributed by atoms with Crippen molar-refractivity contribution in [2.45, 2.75) is 37.8 Å². The third kappa shape index (κ3) is 3.67. The Hall–Kier alpha value is -1.13. The van der Waals surface area contributed by atoms with Gasteiger partial charge in [-0.05, 0) is 43.9 Å². The van der Waals surface area contributed by atoms with Crippen molar-refractivity contribution in [1.29, 1.82) is 0 Å². The molecule has 0 aliphatic heterocycles.